The molecule has 3 rings (SSSR count). The van der Waals surface area contributed by atoms with E-state index in [9.17, 15) is 4.39 Å². The van der Waals surface area contributed by atoms with Gasteiger partial charge in [0.05, 0.1) is 17.1 Å². The fraction of sp³-hybridized carbons (Fsp3) is 0.0714. The summed E-state index contributed by atoms with van der Waals surface area (Å²) in [5.41, 5.74) is 1.83. The number of hydrogen-bond donors (Lipinski definition) is 0. The maximum Gasteiger partial charge on any atom is 0.164 e. The number of hydrogen-bond acceptors (Lipinski definition) is 3. The fourth-order valence-corrected chi connectivity index (χ4v) is 2.58. The first kappa shape index (κ1) is 14.0. The lowest BCUT2D eigenvalue weighted by molar-refractivity contribution is 0.623. The number of benzene rings is 1. The van der Waals surface area contributed by atoms with Crippen LogP contribution in [0.25, 0.3) is 16.9 Å². The molecular formula is C14H7BrClFN4. The van der Waals surface area contributed by atoms with Crippen LogP contribution in [0.5, 0.6) is 0 Å². The van der Waals surface area contributed by atoms with Gasteiger partial charge in [-0.15, -0.1) is 11.6 Å². The van der Waals surface area contributed by atoms with E-state index in [-0.39, 0.29) is 11.4 Å². The van der Waals surface area contributed by atoms with Gasteiger partial charge in [0.1, 0.15) is 23.2 Å². The smallest absolute Gasteiger partial charge is 0.164 e. The van der Waals surface area contributed by atoms with Crippen LogP contribution in [0.2, 0.25) is 0 Å². The molecule has 2 aromatic heterocycles. The van der Waals surface area contributed by atoms with E-state index in [1.807, 2.05) is 12.1 Å². The van der Waals surface area contributed by atoms with Gasteiger partial charge in [0.2, 0.25) is 0 Å². The Hall–Kier alpha value is -1.97. The highest BCUT2D eigenvalue weighted by atomic mass is 79.9. The molecule has 0 saturated heterocycles. The van der Waals surface area contributed by atoms with Gasteiger partial charge >= 0.3 is 0 Å². The van der Waals surface area contributed by atoms with Crippen molar-refractivity contribution in [3.63, 3.8) is 0 Å². The summed E-state index contributed by atoms with van der Waals surface area (Å²) < 4.78 is 16.0. The van der Waals surface area contributed by atoms with E-state index >= 15 is 0 Å². The predicted octanol–water partition coefficient (Wildman–Crippen LogP) is 3.93. The molecule has 0 amide bonds. The number of pyridine rings is 1. The first-order chi connectivity index (χ1) is 10.1. The molecule has 0 unspecified atom stereocenters. The third kappa shape index (κ3) is 2.39. The van der Waals surface area contributed by atoms with Crippen molar-refractivity contribution in [2.75, 3.05) is 0 Å². The molecule has 1 aromatic carbocycles. The van der Waals surface area contributed by atoms with Crippen molar-refractivity contribution in [2.45, 2.75) is 5.88 Å². The largest absolute Gasteiger partial charge is 0.280 e. The van der Waals surface area contributed by atoms with Crippen LogP contribution in [0, 0.1) is 17.1 Å². The quantitative estimate of drug-likeness (QED) is 0.647. The number of nitrogens with zero attached hydrogens (tertiary/aromatic N) is 4. The van der Waals surface area contributed by atoms with E-state index < -0.39 is 5.82 Å². The molecule has 7 heteroatoms. The van der Waals surface area contributed by atoms with Crippen LogP contribution in [-0.2, 0) is 5.88 Å². The second-order valence-corrected chi connectivity index (χ2v) is 5.45. The van der Waals surface area contributed by atoms with E-state index in [1.54, 1.807) is 16.8 Å². The van der Waals surface area contributed by atoms with Crippen LogP contribution in [-0.4, -0.2) is 14.5 Å². The number of rotatable bonds is 2. The monoisotopic (exact) mass is 364 g/mol. The zero-order valence-corrected chi connectivity index (χ0v) is 12.9. The molecule has 0 atom stereocenters. The summed E-state index contributed by atoms with van der Waals surface area (Å²) in [4.78, 5) is 8.73. The Morgan fingerprint density at radius 2 is 2.19 bits per heavy atom. The van der Waals surface area contributed by atoms with E-state index in [0.717, 1.165) is 4.47 Å². The summed E-state index contributed by atoms with van der Waals surface area (Å²) in [6.45, 7) is 0. The summed E-state index contributed by atoms with van der Waals surface area (Å²) in [7, 11) is 0. The molecule has 0 spiro atoms. The number of aromatic nitrogens is 3. The number of alkyl halides is 1. The van der Waals surface area contributed by atoms with Crippen LogP contribution in [0.3, 0.4) is 0 Å². The number of nitriles is 1. The highest BCUT2D eigenvalue weighted by molar-refractivity contribution is 9.10. The summed E-state index contributed by atoms with van der Waals surface area (Å²) >= 11 is 9.28. The standard InChI is InChI=1S/C14H7BrClFN4/c15-9-4-12-14(19-7-9)21(13(5-16)20-12)10-1-2-11(17)8(3-10)6-18/h1-4,7H,5H2. The molecule has 2 heterocycles. The Morgan fingerprint density at radius 3 is 2.90 bits per heavy atom. The van der Waals surface area contributed by atoms with Crippen LogP contribution in [0.15, 0.2) is 34.9 Å². The number of halogens is 3. The van der Waals surface area contributed by atoms with Crippen molar-refractivity contribution >= 4 is 38.7 Å². The third-order valence-electron chi connectivity index (χ3n) is 2.98. The van der Waals surface area contributed by atoms with Crippen LogP contribution < -0.4 is 0 Å². The number of imidazole rings is 1. The molecule has 0 N–H and O–H groups in total. The van der Waals surface area contributed by atoms with Crippen LogP contribution >= 0.6 is 27.5 Å². The lowest BCUT2D eigenvalue weighted by atomic mass is 10.2. The molecule has 0 bridgehead atoms. The van der Waals surface area contributed by atoms with E-state index in [2.05, 4.69) is 25.9 Å². The lowest BCUT2D eigenvalue weighted by Gasteiger charge is -2.07. The SMILES string of the molecule is N#Cc1cc(-n2c(CCl)nc3cc(Br)cnc32)ccc1F. The van der Waals surface area contributed by atoms with Crippen molar-refractivity contribution in [3.05, 3.63) is 52.1 Å². The molecule has 104 valence electrons. The van der Waals surface area contributed by atoms with Gasteiger partial charge in [0.25, 0.3) is 0 Å². The maximum absolute atomic E-state index is 13.5. The molecule has 4 nitrogen and oxygen atoms in total. The van der Waals surface area contributed by atoms with E-state index in [1.165, 1.54) is 12.1 Å². The molecule has 0 fully saturated rings. The van der Waals surface area contributed by atoms with Crippen molar-refractivity contribution in [3.8, 4) is 11.8 Å². The van der Waals surface area contributed by atoms with Gasteiger partial charge in [-0.3, -0.25) is 4.57 Å². The Labute approximate surface area is 132 Å². The lowest BCUT2D eigenvalue weighted by Crippen LogP contribution is -2.01. The third-order valence-corrected chi connectivity index (χ3v) is 3.65. The molecule has 21 heavy (non-hydrogen) atoms. The van der Waals surface area contributed by atoms with Crippen LogP contribution in [0.1, 0.15) is 11.4 Å². The van der Waals surface area contributed by atoms with Gasteiger partial charge in [-0.2, -0.15) is 5.26 Å². The Balaban J connectivity index is 2.31. The zero-order valence-electron chi connectivity index (χ0n) is 10.5. The molecule has 0 saturated carbocycles. The first-order valence-electron chi connectivity index (χ1n) is 5.93. The van der Waals surface area contributed by atoms with Gasteiger partial charge in [-0.1, -0.05) is 0 Å². The van der Waals surface area contributed by atoms with Gasteiger partial charge < -0.3 is 0 Å². The van der Waals surface area contributed by atoms with Gasteiger partial charge in [0.15, 0.2) is 5.65 Å². The molecule has 0 aliphatic heterocycles. The van der Waals surface area contributed by atoms with Crippen molar-refractivity contribution < 1.29 is 4.39 Å². The average Bonchev–Trinajstić information content (AvgIpc) is 2.85. The van der Waals surface area contributed by atoms with E-state index in [4.69, 9.17) is 16.9 Å². The minimum absolute atomic E-state index is 0.0352. The molecule has 3 aromatic rings. The fourth-order valence-electron chi connectivity index (χ4n) is 2.09. The van der Waals surface area contributed by atoms with Crippen molar-refractivity contribution in [1.82, 2.24) is 14.5 Å². The van der Waals surface area contributed by atoms with Crippen molar-refractivity contribution in [1.29, 1.82) is 5.26 Å². The molecule has 0 aliphatic rings. The zero-order chi connectivity index (χ0) is 15.0. The van der Waals surface area contributed by atoms with Gasteiger partial charge in [-0.25, -0.2) is 14.4 Å². The summed E-state index contributed by atoms with van der Waals surface area (Å²) in [5.74, 6) is 0.189. The minimum atomic E-state index is -0.561. The summed E-state index contributed by atoms with van der Waals surface area (Å²) in [6, 6.07) is 7.91. The minimum Gasteiger partial charge on any atom is -0.280 e. The topological polar surface area (TPSA) is 54.5 Å². The van der Waals surface area contributed by atoms with E-state index in [0.29, 0.717) is 22.7 Å². The average molecular weight is 366 g/mol. The second-order valence-electron chi connectivity index (χ2n) is 4.27. The first-order valence-corrected chi connectivity index (χ1v) is 7.25. The molecule has 0 aliphatic carbocycles. The molecule has 0 radical (unpaired) electrons. The van der Waals surface area contributed by atoms with Crippen LogP contribution in [0.4, 0.5) is 4.39 Å². The normalized spacial score (nSPS) is 10.8. The Bertz CT molecular complexity index is 885. The predicted molar refractivity (Wildman–Crippen MR) is 80.8 cm³/mol. The maximum atomic E-state index is 13.5. The van der Waals surface area contributed by atoms with Crippen molar-refractivity contribution in [2.24, 2.45) is 0 Å². The summed E-state index contributed by atoms with van der Waals surface area (Å²) in [5, 5.41) is 8.95. The molecular weight excluding hydrogens is 359 g/mol. The highest BCUT2D eigenvalue weighted by Crippen LogP contribution is 2.24. The highest BCUT2D eigenvalue weighted by Gasteiger charge is 2.14. The number of fused-ring (bicyclic) bond motifs is 1. The van der Waals surface area contributed by atoms with Gasteiger partial charge in [0, 0.05) is 10.7 Å². The second kappa shape index (κ2) is 5.43. The van der Waals surface area contributed by atoms with Gasteiger partial charge in [-0.05, 0) is 40.2 Å². The summed E-state index contributed by atoms with van der Waals surface area (Å²) in [6.07, 6.45) is 1.65. The Kier molecular flexibility index (Phi) is 3.62. The Morgan fingerprint density at radius 1 is 1.38 bits per heavy atom.